The van der Waals surface area contributed by atoms with Crippen LogP contribution in [0.15, 0.2) is 0 Å². The van der Waals surface area contributed by atoms with Crippen LogP contribution in [-0.2, 0) is 4.79 Å². The highest BCUT2D eigenvalue weighted by molar-refractivity contribution is 5.82. The van der Waals surface area contributed by atoms with Gasteiger partial charge in [0.1, 0.15) is 0 Å². The summed E-state index contributed by atoms with van der Waals surface area (Å²) in [5.41, 5.74) is 5.11. The Morgan fingerprint density at radius 1 is 1.57 bits per heavy atom. The van der Waals surface area contributed by atoms with Gasteiger partial charge < -0.3 is 15.7 Å². The molecule has 1 rings (SSSR count). The smallest absolute Gasteiger partial charge is 0.391 e. The van der Waals surface area contributed by atoms with Crippen molar-refractivity contribution in [2.45, 2.75) is 12.3 Å². The van der Waals surface area contributed by atoms with Crippen molar-refractivity contribution in [2.75, 3.05) is 19.6 Å². The molecule has 3 N–H and O–H groups in total. The molecule has 0 aliphatic carbocycles. The molecule has 1 heterocycles. The molecule has 82 valence electrons. The van der Waals surface area contributed by atoms with Gasteiger partial charge in [0.05, 0.1) is 6.10 Å². The fraction of sp³-hybridized carbons (Fsp3) is 0.857. The van der Waals surface area contributed by atoms with Crippen LogP contribution in [-0.4, -0.2) is 47.8 Å². The lowest BCUT2D eigenvalue weighted by atomic mass is 9.93. The van der Waals surface area contributed by atoms with Crippen molar-refractivity contribution in [1.82, 2.24) is 4.90 Å². The molecule has 7 heteroatoms. The van der Waals surface area contributed by atoms with Crippen LogP contribution in [0.5, 0.6) is 0 Å². The zero-order valence-electron chi connectivity index (χ0n) is 7.29. The quantitative estimate of drug-likeness (QED) is 0.637. The van der Waals surface area contributed by atoms with Crippen molar-refractivity contribution in [3.8, 4) is 0 Å². The number of carbonyl (C=O) groups excluding carboxylic acids is 1. The summed E-state index contributed by atoms with van der Waals surface area (Å²) in [5, 5.41) is 9.14. The van der Waals surface area contributed by atoms with Crippen LogP contribution in [0.1, 0.15) is 0 Å². The Balaban J connectivity index is 2.38. The summed E-state index contributed by atoms with van der Waals surface area (Å²) in [6, 6.07) is 0. The van der Waals surface area contributed by atoms with Gasteiger partial charge in [0, 0.05) is 25.6 Å². The van der Waals surface area contributed by atoms with Crippen LogP contribution in [0, 0.1) is 5.92 Å². The Morgan fingerprint density at radius 2 is 2.07 bits per heavy atom. The maximum Gasteiger partial charge on any atom is 0.471 e. The van der Waals surface area contributed by atoms with Gasteiger partial charge >= 0.3 is 12.1 Å². The average Bonchev–Trinajstić information content (AvgIpc) is 1.99. The molecule has 0 spiro atoms. The third-order valence-corrected chi connectivity index (χ3v) is 2.23. The third kappa shape index (κ3) is 2.16. The number of aliphatic hydroxyl groups is 1. The van der Waals surface area contributed by atoms with Crippen LogP contribution in [0.3, 0.4) is 0 Å². The predicted octanol–water partition coefficient (Wildman–Crippen LogP) is -0.673. The van der Waals surface area contributed by atoms with Crippen LogP contribution in [0.25, 0.3) is 0 Å². The summed E-state index contributed by atoms with van der Waals surface area (Å²) in [7, 11) is 0. The molecule has 0 aromatic rings. The van der Waals surface area contributed by atoms with Gasteiger partial charge in [-0.25, -0.2) is 0 Å². The number of nitrogens with two attached hydrogens (primary N) is 1. The van der Waals surface area contributed by atoms with Gasteiger partial charge in [-0.05, 0) is 0 Å². The molecule has 1 aliphatic heterocycles. The SMILES string of the molecule is NCC(O)C1CN(C(=O)C(F)(F)F)C1. The second-order valence-corrected chi connectivity index (χ2v) is 3.27. The number of hydrogen-bond donors (Lipinski definition) is 2. The fourth-order valence-electron chi connectivity index (χ4n) is 1.29. The summed E-state index contributed by atoms with van der Waals surface area (Å²) < 4.78 is 35.6. The minimum Gasteiger partial charge on any atom is -0.391 e. The Morgan fingerprint density at radius 3 is 2.43 bits per heavy atom. The molecule has 14 heavy (non-hydrogen) atoms. The van der Waals surface area contributed by atoms with Gasteiger partial charge in [-0.2, -0.15) is 13.2 Å². The lowest BCUT2D eigenvalue weighted by Crippen LogP contribution is -2.58. The molecule has 0 radical (unpaired) electrons. The maximum atomic E-state index is 11.9. The molecule has 0 bridgehead atoms. The third-order valence-electron chi connectivity index (χ3n) is 2.23. The van der Waals surface area contributed by atoms with E-state index in [0.29, 0.717) is 4.90 Å². The van der Waals surface area contributed by atoms with Crippen LogP contribution in [0.2, 0.25) is 0 Å². The Labute approximate surface area is 78.5 Å². The van der Waals surface area contributed by atoms with Gasteiger partial charge in [0.25, 0.3) is 0 Å². The van der Waals surface area contributed by atoms with Crippen LogP contribution < -0.4 is 5.73 Å². The minimum absolute atomic E-state index is 0.00127. The molecule has 1 atom stereocenters. The van der Waals surface area contributed by atoms with E-state index in [9.17, 15) is 18.0 Å². The second-order valence-electron chi connectivity index (χ2n) is 3.27. The van der Waals surface area contributed by atoms with Crippen molar-refractivity contribution in [1.29, 1.82) is 0 Å². The molecule has 1 aliphatic rings. The lowest BCUT2D eigenvalue weighted by molar-refractivity contribution is -0.193. The first kappa shape index (κ1) is 11.3. The zero-order chi connectivity index (χ0) is 10.9. The monoisotopic (exact) mass is 212 g/mol. The standard InChI is InChI=1S/C7H11F3N2O2/c8-7(9,10)6(14)12-2-4(3-12)5(13)1-11/h4-5,13H,1-3,11H2. The molecule has 1 fully saturated rings. The molecule has 1 amide bonds. The number of likely N-dealkylation sites (tertiary alicyclic amines) is 1. The first-order valence-corrected chi connectivity index (χ1v) is 4.10. The number of alkyl halides is 3. The van der Waals surface area contributed by atoms with E-state index in [1.165, 1.54) is 0 Å². The van der Waals surface area contributed by atoms with E-state index >= 15 is 0 Å². The highest BCUT2D eigenvalue weighted by Gasteiger charge is 2.47. The first-order chi connectivity index (χ1) is 6.36. The summed E-state index contributed by atoms with van der Waals surface area (Å²) in [6.07, 6.45) is -5.65. The Bertz CT molecular complexity index is 225. The highest BCUT2D eigenvalue weighted by atomic mass is 19.4. The van der Waals surface area contributed by atoms with Crippen LogP contribution >= 0.6 is 0 Å². The Hall–Kier alpha value is -0.820. The number of hydrogen-bond acceptors (Lipinski definition) is 3. The minimum atomic E-state index is -4.82. The van der Waals surface area contributed by atoms with E-state index in [2.05, 4.69) is 0 Å². The molecular weight excluding hydrogens is 201 g/mol. The van der Waals surface area contributed by atoms with Crippen molar-refractivity contribution < 1.29 is 23.1 Å². The van der Waals surface area contributed by atoms with Gasteiger partial charge in [-0.3, -0.25) is 4.79 Å². The van der Waals surface area contributed by atoms with E-state index < -0.39 is 18.2 Å². The molecule has 0 saturated carbocycles. The second kappa shape index (κ2) is 3.74. The van der Waals surface area contributed by atoms with Crippen molar-refractivity contribution in [2.24, 2.45) is 11.7 Å². The number of amides is 1. The lowest BCUT2D eigenvalue weighted by Gasteiger charge is -2.41. The Kier molecular flexibility index (Phi) is 3.01. The van der Waals surface area contributed by atoms with Crippen molar-refractivity contribution >= 4 is 5.91 Å². The van der Waals surface area contributed by atoms with E-state index in [1.54, 1.807) is 0 Å². The number of carbonyl (C=O) groups is 1. The summed E-state index contributed by atoms with van der Waals surface area (Å²) in [4.78, 5) is 11.2. The molecular formula is C7H11F3N2O2. The molecule has 1 saturated heterocycles. The van der Waals surface area contributed by atoms with Crippen molar-refractivity contribution in [3.05, 3.63) is 0 Å². The highest BCUT2D eigenvalue weighted by Crippen LogP contribution is 2.26. The fourth-order valence-corrected chi connectivity index (χ4v) is 1.29. The summed E-state index contributed by atoms with van der Waals surface area (Å²) >= 11 is 0. The molecule has 0 aromatic carbocycles. The first-order valence-electron chi connectivity index (χ1n) is 4.10. The molecule has 4 nitrogen and oxygen atoms in total. The van der Waals surface area contributed by atoms with E-state index in [-0.39, 0.29) is 25.6 Å². The van der Waals surface area contributed by atoms with E-state index in [1.807, 2.05) is 0 Å². The normalized spacial score (nSPS) is 20.5. The molecule has 1 unspecified atom stereocenters. The topological polar surface area (TPSA) is 66.6 Å². The average molecular weight is 212 g/mol. The summed E-state index contributed by atoms with van der Waals surface area (Å²) in [6.45, 7) is -0.147. The van der Waals surface area contributed by atoms with Crippen LogP contribution in [0.4, 0.5) is 13.2 Å². The zero-order valence-corrected chi connectivity index (χ0v) is 7.29. The van der Waals surface area contributed by atoms with Gasteiger partial charge in [0.2, 0.25) is 0 Å². The number of rotatable bonds is 2. The number of halogens is 3. The number of nitrogens with zero attached hydrogens (tertiary/aromatic N) is 1. The van der Waals surface area contributed by atoms with E-state index in [0.717, 1.165) is 0 Å². The van der Waals surface area contributed by atoms with Crippen molar-refractivity contribution in [3.63, 3.8) is 0 Å². The molecule has 0 aromatic heterocycles. The van der Waals surface area contributed by atoms with Gasteiger partial charge in [-0.1, -0.05) is 0 Å². The largest absolute Gasteiger partial charge is 0.471 e. The summed E-state index contributed by atoms with van der Waals surface area (Å²) in [5.74, 6) is -2.18. The predicted molar refractivity (Wildman–Crippen MR) is 41.2 cm³/mol. The van der Waals surface area contributed by atoms with E-state index in [4.69, 9.17) is 10.8 Å². The van der Waals surface area contributed by atoms with Gasteiger partial charge in [0.15, 0.2) is 0 Å². The maximum absolute atomic E-state index is 11.9. The number of aliphatic hydroxyl groups excluding tert-OH is 1. The van der Waals surface area contributed by atoms with Gasteiger partial charge in [-0.15, -0.1) is 0 Å².